The fraction of sp³-hybridized carbons (Fsp3) is 0.294. The predicted octanol–water partition coefficient (Wildman–Crippen LogP) is 1.99. The van der Waals surface area contributed by atoms with Crippen LogP contribution in [-0.2, 0) is 11.3 Å². The fourth-order valence-electron chi connectivity index (χ4n) is 2.47. The van der Waals surface area contributed by atoms with Crippen molar-refractivity contribution >= 4 is 11.6 Å². The van der Waals surface area contributed by atoms with E-state index in [0.29, 0.717) is 24.5 Å². The second kappa shape index (κ2) is 7.19. The molecule has 3 rings (SSSR count). The predicted molar refractivity (Wildman–Crippen MR) is 84.8 cm³/mol. The summed E-state index contributed by atoms with van der Waals surface area (Å²) >= 11 is 0. The molecule has 1 amide bonds. The average molecular weight is 315 g/mol. The molecule has 1 aliphatic heterocycles. The maximum absolute atomic E-state index is 13.6. The van der Waals surface area contributed by atoms with Crippen LogP contribution in [0, 0.1) is 5.82 Å². The minimum atomic E-state index is -0.331. The number of carbonyl (C=O) groups excluding carboxylic acids is 1. The highest BCUT2D eigenvalue weighted by Gasteiger charge is 2.14. The quantitative estimate of drug-likeness (QED) is 0.937. The summed E-state index contributed by atoms with van der Waals surface area (Å²) in [7, 11) is 0. The molecule has 1 N–H and O–H groups in total. The number of nitrogens with one attached hydrogen (secondary N) is 1. The molecule has 0 aliphatic carbocycles. The number of pyridine rings is 1. The molecule has 0 spiro atoms. The van der Waals surface area contributed by atoms with E-state index in [1.807, 2.05) is 6.07 Å². The van der Waals surface area contributed by atoms with Crippen molar-refractivity contribution in [1.29, 1.82) is 0 Å². The lowest BCUT2D eigenvalue weighted by Gasteiger charge is -2.28. The minimum Gasteiger partial charge on any atom is -0.378 e. The lowest BCUT2D eigenvalue weighted by atomic mass is 10.2. The number of halogens is 1. The zero-order valence-electron chi connectivity index (χ0n) is 12.7. The summed E-state index contributed by atoms with van der Waals surface area (Å²) in [6.07, 6.45) is 1.61. The summed E-state index contributed by atoms with van der Waals surface area (Å²) in [5.41, 5.74) is 1.72. The highest BCUT2D eigenvalue weighted by molar-refractivity contribution is 5.93. The number of ether oxygens (including phenoxy) is 1. The zero-order chi connectivity index (χ0) is 16.1. The number of hydrogen-bond acceptors (Lipinski definition) is 4. The molecule has 6 heteroatoms. The number of amides is 1. The van der Waals surface area contributed by atoms with Crippen molar-refractivity contribution in [1.82, 2.24) is 10.3 Å². The first-order valence-corrected chi connectivity index (χ1v) is 7.54. The van der Waals surface area contributed by atoms with E-state index in [1.54, 1.807) is 30.5 Å². The highest BCUT2D eigenvalue weighted by atomic mass is 19.1. The van der Waals surface area contributed by atoms with Crippen molar-refractivity contribution in [2.24, 2.45) is 0 Å². The fourth-order valence-corrected chi connectivity index (χ4v) is 2.47. The number of hydrogen-bond donors (Lipinski definition) is 1. The third kappa shape index (κ3) is 3.84. The standard InChI is InChI=1S/C17H18FN3O2/c18-15-4-2-1-3-13(15)12-20-17(22)16-11-14(5-6-19-16)21-7-9-23-10-8-21/h1-6,11H,7-10,12H2,(H,20,22). The summed E-state index contributed by atoms with van der Waals surface area (Å²) in [4.78, 5) is 18.5. The van der Waals surface area contributed by atoms with Gasteiger partial charge in [0.1, 0.15) is 11.5 Å². The van der Waals surface area contributed by atoms with Gasteiger partial charge in [0.25, 0.3) is 5.91 Å². The molecule has 0 bridgehead atoms. The highest BCUT2D eigenvalue weighted by Crippen LogP contribution is 2.16. The van der Waals surface area contributed by atoms with Gasteiger partial charge in [-0.2, -0.15) is 0 Å². The lowest BCUT2D eigenvalue weighted by Crippen LogP contribution is -2.36. The van der Waals surface area contributed by atoms with E-state index >= 15 is 0 Å². The van der Waals surface area contributed by atoms with Crippen LogP contribution in [-0.4, -0.2) is 37.2 Å². The number of anilines is 1. The Balaban J connectivity index is 1.66. The van der Waals surface area contributed by atoms with Crippen molar-refractivity contribution in [3.8, 4) is 0 Å². The van der Waals surface area contributed by atoms with Gasteiger partial charge in [-0.1, -0.05) is 18.2 Å². The zero-order valence-corrected chi connectivity index (χ0v) is 12.7. The molecular weight excluding hydrogens is 297 g/mol. The first-order valence-electron chi connectivity index (χ1n) is 7.54. The number of rotatable bonds is 4. The van der Waals surface area contributed by atoms with Gasteiger partial charge in [-0.3, -0.25) is 9.78 Å². The Hall–Kier alpha value is -2.47. The normalized spacial score (nSPS) is 14.6. The monoisotopic (exact) mass is 315 g/mol. The molecular formula is C17H18FN3O2. The second-order valence-electron chi connectivity index (χ2n) is 5.27. The Labute approximate surface area is 134 Å². The van der Waals surface area contributed by atoms with E-state index in [-0.39, 0.29) is 18.3 Å². The van der Waals surface area contributed by atoms with E-state index < -0.39 is 0 Å². The topological polar surface area (TPSA) is 54.5 Å². The summed E-state index contributed by atoms with van der Waals surface area (Å²) < 4.78 is 18.9. The third-order valence-electron chi connectivity index (χ3n) is 3.75. The van der Waals surface area contributed by atoms with Crippen LogP contribution in [0.25, 0.3) is 0 Å². The molecule has 0 saturated carbocycles. The maximum Gasteiger partial charge on any atom is 0.270 e. The van der Waals surface area contributed by atoms with Crippen LogP contribution in [0.2, 0.25) is 0 Å². The third-order valence-corrected chi connectivity index (χ3v) is 3.75. The summed E-state index contributed by atoms with van der Waals surface area (Å²) in [5, 5.41) is 2.70. The van der Waals surface area contributed by atoms with Gasteiger partial charge in [0, 0.05) is 37.1 Å². The SMILES string of the molecule is O=C(NCc1ccccc1F)c1cc(N2CCOCC2)ccn1. The van der Waals surface area contributed by atoms with Crippen LogP contribution in [0.1, 0.15) is 16.1 Å². The van der Waals surface area contributed by atoms with Gasteiger partial charge in [-0.15, -0.1) is 0 Å². The molecule has 2 heterocycles. The molecule has 1 aromatic carbocycles. The molecule has 120 valence electrons. The number of benzene rings is 1. The van der Waals surface area contributed by atoms with E-state index in [2.05, 4.69) is 15.2 Å². The Morgan fingerprint density at radius 2 is 2.04 bits per heavy atom. The van der Waals surface area contributed by atoms with E-state index in [0.717, 1.165) is 18.8 Å². The van der Waals surface area contributed by atoms with Crippen LogP contribution in [0.5, 0.6) is 0 Å². The van der Waals surface area contributed by atoms with Crippen LogP contribution in [0.4, 0.5) is 10.1 Å². The molecule has 2 aromatic rings. The maximum atomic E-state index is 13.6. The lowest BCUT2D eigenvalue weighted by molar-refractivity contribution is 0.0945. The van der Waals surface area contributed by atoms with Crippen LogP contribution >= 0.6 is 0 Å². The minimum absolute atomic E-state index is 0.134. The van der Waals surface area contributed by atoms with Gasteiger partial charge in [0.15, 0.2) is 0 Å². The summed E-state index contributed by atoms with van der Waals surface area (Å²) in [5.74, 6) is -0.647. The van der Waals surface area contributed by atoms with Crippen LogP contribution in [0.3, 0.4) is 0 Å². The van der Waals surface area contributed by atoms with Crippen molar-refractivity contribution in [3.05, 3.63) is 59.7 Å². The van der Waals surface area contributed by atoms with Gasteiger partial charge in [0.05, 0.1) is 13.2 Å². The van der Waals surface area contributed by atoms with Crippen LogP contribution in [0.15, 0.2) is 42.6 Å². The number of carbonyl (C=O) groups is 1. The van der Waals surface area contributed by atoms with E-state index in [4.69, 9.17) is 4.74 Å². The summed E-state index contributed by atoms with van der Waals surface area (Å²) in [6, 6.07) is 10.0. The molecule has 0 atom stereocenters. The molecule has 23 heavy (non-hydrogen) atoms. The Kier molecular flexibility index (Phi) is 4.83. The first kappa shape index (κ1) is 15.4. The number of morpholine rings is 1. The van der Waals surface area contributed by atoms with E-state index in [1.165, 1.54) is 6.07 Å². The summed E-state index contributed by atoms with van der Waals surface area (Å²) in [6.45, 7) is 3.07. The number of aromatic nitrogens is 1. The molecule has 0 radical (unpaired) electrons. The van der Waals surface area contributed by atoms with Crippen molar-refractivity contribution < 1.29 is 13.9 Å². The van der Waals surface area contributed by atoms with Gasteiger partial charge in [-0.25, -0.2) is 4.39 Å². The molecule has 0 unspecified atom stereocenters. The van der Waals surface area contributed by atoms with Crippen molar-refractivity contribution in [2.75, 3.05) is 31.2 Å². The van der Waals surface area contributed by atoms with Crippen molar-refractivity contribution in [2.45, 2.75) is 6.54 Å². The van der Waals surface area contributed by atoms with Gasteiger partial charge in [-0.05, 0) is 18.2 Å². The van der Waals surface area contributed by atoms with Gasteiger partial charge >= 0.3 is 0 Å². The first-order chi connectivity index (χ1) is 11.2. The smallest absolute Gasteiger partial charge is 0.270 e. The van der Waals surface area contributed by atoms with Crippen LogP contribution < -0.4 is 10.2 Å². The Bertz CT molecular complexity index is 687. The molecule has 1 aromatic heterocycles. The molecule has 1 saturated heterocycles. The van der Waals surface area contributed by atoms with Gasteiger partial charge in [0.2, 0.25) is 0 Å². The Morgan fingerprint density at radius 3 is 2.83 bits per heavy atom. The van der Waals surface area contributed by atoms with E-state index in [9.17, 15) is 9.18 Å². The largest absolute Gasteiger partial charge is 0.378 e. The molecule has 1 fully saturated rings. The van der Waals surface area contributed by atoms with Crippen molar-refractivity contribution in [3.63, 3.8) is 0 Å². The number of nitrogens with zero attached hydrogens (tertiary/aromatic N) is 2. The Morgan fingerprint density at radius 1 is 1.26 bits per heavy atom. The second-order valence-corrected chi connectivity index (χ2v) is 5.27. The average Bonchev–Trinajstić information content (AvgIpc) is 2.62. The molecule has 5 nitrogen and oxygen atoms in total. The van der Waals surface area contributed by atoms with Gasteiger partial charge < -0.3 is 15.0 Å². The molecule has 1 aliphatic rings.